The van der Waals surface area contributed by atoms with Crippen LogP contribution in [0.5, 0.6) is 5.75 Å². The molecule has 2 aromatic rings. The molecule has 1 N–H and O–H groups in total. The van der Waals surface area contributed by atoms with E-state index in [2.05, 4.69) is 15.5 Å². The zero-order valence-electron chi connectivity index (χ0n) is 12.0. The number of amides is 1. The van der Waals surface area contributed by atoms with Crippen molar-refractivity contribution >= 4 is 11.6 Å². The summed E-state index contributed by atoms with van der Waals surface area (Å²) < 4.78 is 5.12. The van der Waals surface area contributed by atoms with Gasteiger partial charge in [0.05, 0.1) is 12.8 Å². The molecule has 1 aromatic carbocycles. The molecule has 2 rings (SSSR count). The zero-order chi connectivity index (χ0) is 15.1. The van der Waals surface area contributed by atoms with Crippen LogP contribution in [0.25, 0.3) is 0 Å². The molecule has 0 radical (unpaired) electrons. The molecule has 1 aromatic heterocycles. The molecular weight excluding hydrogens is 266 g/mol. The average Bonchev–Trinajstić information content (AvgIpc) is 2.56. The SMILES string of the molecule is CC/C(=N/NC(=O)c1ccncc1)c1ccc(OC)cc1. The molecule has 21 heavy (non-hydrogen) atoms. The van der Waals surface area contributed by atoms with Gasteiger partial charge in [-0.1, -0.05) is 6.92 Å². The van der Waals surface area contributed by atoms with Crippen LogP contribution < -0.4 is 10.2 Å². The predicted molar refractivity (Wildman–Crippen MR) is 81.5 cm³/mol. The van der Waals surface area contributed by atoms with Crippen molar-refractivity contribution < 1.29 is 9.53 Å². The third kappa shape index (κ3) is 3.89. The fourth-order valence-electron chi connectivity index (χ4n) is 1.82. The number of hydrogen-bond acceptors (Lipinski definition) is 4. The highest BCUT2D eigenvalue weighted by Crippen LogP contribution is 2.13. The van der Waals surface area contributed by atoms with Gasteiger partial charge >= 0.3 is 0 Å². The van der Waals surface area contributed by atoms with Crippen LogP contribution in [-0.4, -0.2) is 23.7 Å². The van der Waals surface area contributed by atoms with Crippen LogP contribution in [-0.2, 0) is 0 Å². The van der Waals surface area contributed by atoms with Gasteiger partial charge in [0.25, 0.3) is 5.91 Å². The molecule has 108 valence electrons. The molecule has 1 amide bonds. The first kappa shape index (κ1) is 14.7. The maximum absolute atomic E-state index is 11.9. The largest absolute Gasteiger partial charge is 0.497 e. The first-order valence-corrected chi connectivity index (χ1v) is 6.66. The predicted octanol–water partition coefficient (Wildman–Crippen LogP) is 2.63. The van der Waals surface area contributed by atoms with Crippen molar-refractivity contribution in [3.8, 4) is 5.75 Å². The number of hydrogen-bond donors (Lipinski definition) is 1. The molecular formula is C16H17N3O2. The monoisotopic (exact) mass is 283 g/mol. The highest BCUT2D eigenvalue weighted by Gasteiger charge is 2.06. The lowest BCUT2D eigenvalue weighted by molar-refractivity contribution is 0.0954. The summed E-state index contributed by atoms with van der Waals surface area (Å²) in [6.45, 7) is 1.99. The molecule has 0 fully saturated rings. The van der Waals surface area contributed by atoms with Crippen LogP contribution >= 0.6 is 0 Å². The summed E-state index contributed by atoms with van der Waals surface area (Å²) in [6, 6.07) is 10.9. The van der Waals surface area contributed by atoms with Crippen LogP contribution in [0.15, 0.2) is 53.9 Å². The van der Waals surface area contributed by atoms with E-state index in [1.54, 1.807) is 31.6 Å². The summed E-state index contributed by atoms with van der Waals surface area (Å²) in [7, 11) is 1.62. The number of carbonyl (C=O) groups is 1. The van der Waals surface area contributed by atoms with Gasteiger partial charge in [0, 0.05) is 18.0 Å². The Bertz CT molecular complexity index is 622. The van der Waals surface area contributed by atoms with Gasteiger partial charge < -0.3 is 4.74 Å². The molecule has 5 heteroatoms. The van der Waals surface area contributed by atoms with E-state index < -0.39 is 0 Å². The lowest BCUT2D eigenvalue weighted by Crippen LogP contribution is -2.20. The van der Waals surface area contributed by atoms with Crippen LogP contribution in [0, 0.1) is 0 Å². The lowest BCUT2D eigenvalue weighted by Gasteiger charge is -2.06. The number of benzene rings is 1. The van der Waals surface area contributed by atoms with E-state index in [-0.39, 0.29) is 5.91 Å². The van der Waals surface area contributed by atoms with E-state index >= 15 is 0 Å². The molecule has 0 aliphatic heterocycles. The normalized spacial score (nSPS) is 11.0. The second-order valence-electron chi connectivity index (χ2n) is 4.32. The van der Waals surface area contributed by atoms with Gasteiger partial charge in [-0.2, -0.15) is 5.10 Å². The number of hydrazone groups is 1. The Morgan fingerprint density at radius 2 is 1.81 bits per heavy atom. The van der Waals surface area contributed by atoms with Crippen molar-refractivity contribution in [1.82, 2.24) is 10.4 Å². The van der Waals surface area contributed by atoms with Crippen LogP contribution in [0.1, 0.15) is 29.3 Å². The fourth-order valence-corrected chi connectivity index (χ4v) is 1.82. The van der Waals surface area contributed by atoms with E-state index in [4.69, 9.17) is 4.74 Å². The number of pyridine rings is 1. The summed E-state index contributed by atoms with van der Waals surface area (Å²) in [6.07, 6.45) is 3.86. The Balaban J connectivity index is 2.11. The van der Waals surface area contributed by atoms with Gasteiger partial charge in [-0.15, -0.1) is 0 Å². The maximum atomic E-state index is 11.9. The van der Waals surface area contributed by atoms with Gasteiger partial charge in [0.1, 0.15) is 5.75 Å². The molecule has 0 saturated carbocycles. The van der Waals surface area contributed by atoms with Crippen molar-refractivity contribution in [3.63, 3.8) is 0 Å². The Morgan fingerprint density at radius 3 is 2.38 bits per heavy atom. The smallest absolute Gasteiger partial charge is 0.271 e. The summed E-state index contributed by atoms with van der Waals surface area (Å²) >= 11 is 0. The van der Waals surface area contributed by atoms with Crippen molar-refractivity contribution in [3.05, 3.63) is 59.9 Å². The third-order valence-electron chi connectivity index (χ3n) is 2.99. The molecule has 0 unspecified atom stereocenters. The van der Waals surface area contributed by atoms with Crippen LogP contribution in [0.2, 0.25) is 0 Å². The topological polar surface area (TPSA) is 63.6 Å². The van der Waals surface area contributed by atoms with E-state index in [0.29, 0.717) is 12.0 Å². The summed E-state index contributed by atoms with van der Waals surface area (Å²) in [5.74, 6) is 0.534. The Labute approximate surface area is 123 Å². The number of ether oxygens (including phenoxy) is 1. The van der Waals surface area contributed by atoms with Crippen molar-refractivity contribution in [1.29, 1.82) is 0 Å². The number of methoxy groups -OCH3 is 1. The Morgan fingerprint density at radius 1 is 1.14 bits per heavy atom. The molecule has 1 heterocycles. The van der Waals surface area contributed by atoms with E-state index in [9.17, 15) is 4.79 Å². The van der Waals surface area contributed by atoms with Crippen LogP contribution in [0.3, 0.4) is 0 Å². The fraction of sp³-hybridized carbons (Fsp3) is 0.188. The van der Waals surface area contributed by atoms with Gasteiger partial charge in [0.15, 0.2) is 0 Å². The zero-order valence-corrected chi connectivity index (χ0v) is 12.0. The summed E-state index contributed by atoms with van der Waals surface area (Å²) in [5.41, 5.74) is 4.85. The molecule has 0 saturated heterocycles. The quantitative estimate of drug-likeness (QED) is 0.677. The summed E-state index contributed by atoms with van der Waals surface area (Å²) in [4.78, 5) is 15.8. The first-order chi connectivity index (χ1) is 10.2. The molecule has 0 spiro atoms. The molecule has 0 bridgehead atoms. The van der Waals surface area contributed by atoms with Crippen molar-refractivity contribution in [2.24, 2.45) is 5.10 Å². The Kier molecular flexibility index (Phi) is 5.04. The molecule has 5 nitrogen and oxygen atoms in total. The van der Waals surface area contributed by atoms with E-state index in [1.807, 2.05) is 31.2 Å². The maximum Gasteiger partial charge on any atom is 0.271 e. The standard InChI is InChI=1S/C16H17N3O2/c1-3-15(12-4-6-14(21-2)7-5-12)18-19-16(20)13-8-10-17-11-9-13/h4-11H,3H2,1-2H3,(H,19,20)/b18-15-. The number of nitrogens with zero attached hydrogens (tertiary/aromatic N) is 2. The molecule has 0 atom stereocenters. The first-order valence-electron chi connectivity index (χ1n) is 6.66. The minimum absolute atomic E-state index is 0.253. The second kappa shape index (κ2) is 7.19. The molecule has 0 aliphatic rings. The number of aromatic nitrogens is 1. The van der Waals surface area contributed by atoms with Gasteiger partial charge in [-0.25, -0.2) is 5.43 Å². The van der Waals surface area contributed by atoms with E-state index in [0.717, 1.165) is 17.0 Å². The van der Waals surface area contributed by atoms with Gasteiger partial charge in [-0.3, -0.25) is 9.78 Å². The number of carbonyl (C=O) groups excluding carboxylic acids is 1. The second-order valence-corrected chi connectivity index (χ2v) is 4.32. The van der Waals surface area contributed by atoms with Crippen molar-refractivity contribution in [2.45, 2.75) is 13.3 Å². The minimum atomic E-state index is -0.253. The highest BCUT2D eigenvalue weighted by molar-refractivity contribution is 6.02. The van der Waals surface area contributed by atoms with Gasteiger partial charge in [0.2, 0.25) is 0 Å². The van der Waals surface area contributed by atoms with Crippen LogP contribution in [0.4, 0.5) is 0 Å². The Hall–Kier alpha value is -2.69. The lowest BCUT2D eigenvalue weighted by atomic mass is 10.1. The highest BCUT2D eigenvalue weighted by atomic mass is 16.5. The summed E-state index contributed by atoms with van der Waals surface area (Å²) in [5, 5.41) is 4.20. The third-order valence-corrected chi connectivity index (χ3v) is 2.99. The van der Waals surface area contributed by atoms with E-state index in [1.165, 1.54) is 0 Å². The number of rotatable bonds is 5. The van der Waals surface area contributed by atoms with Crippen molar-refractivity contribution in [2.75, 3.05) is 7.11 Å². The molecule has 0 aliphatic carbocycles. The van der Waals surface area contributed by atoms with Gasteiger partial charge in [-0.05, 0) is 48.4 Å². The average molecular weight is 283 g/mol. The number of nitrogens with one attached hydrogen (secondary N) is 1. The minimum Gasteiger partial charge on any atom is -0.497 e.